The van der Waals surface area contributed by atoms with Crippen LogP contribution in [-0.2, 0) is 0 Å². The van der Waals surface area contributed by atoms with Gasteiger partial charge in [0.1, 0.15) is 0 Å². The van der Waals surface area contributed by atoms with Crippen LogP contribution in [0.2, 0.25) is 0 Å². The van der Waals surface area contributed by atoms with Gasteiger partial charge >= 0.3 is 6.61 Å². The lowest BCUT2D eigenvalue weighted by Gasteiger charge is -2.29. The van der Waals surface area contributed by atoms with Crippen LogP contribution in [0.5, 0.6) is 5.75 Å². The van der Waals surface area contributed by atoms with Gasteiger partial charge in [-0.05, 0) is 68.1 Å². The van der Waals surface area contributed by atoms with E-state index in [0.717, 1.165) is 57.1 Å². The Morgan fingerprint density at radius 2 is 1.74 bits per heavy atom. The zero-order valence-electron chi connectivity index (χ0n) is 13.0. The van der Waals surface area contributed by atoms with Crippen LogP contribution in [0.3, 0.4) is 0 Å². The van der Waals surface area contributed by atoms with Crippen LogP contribution < -0.4 is 4.74 Å². The van der Waals surface area contributed by atoms with Gasteiger partial charge in [0, 0.05) is 0 Å². The Bertz CT molecular complexity index is 499. The molecule has 0 N–H and O–H groups in total. The van der Waals surface area contributed by atoms with Crippen molar-refractivity contribution in [3.8, 4) is 5.75 Å². The van der Waals surface area contributed by atoms with Crippen LogP contribution >= 0.6 is 0 Å². The highest BCUT2D eigenvalue weighted by Gasteiger charge is 2.25. The van der Waals surface area contributed by atoms with E-state index in [9.17, 15) is 17.6 Å². The average molecular weight is 330 g/mol. The molecule has 0 atom stereocenters. The fraction of sp³-hybridized carbons (Fsp3) is 0.556. The lowest BCUT2D eigenvalue weighted by molar-refractivity contribution is -0.0546. The lowest BCUT2D eigenvalue weighted by Crippen LogP contribution is -2.14. The Kier molecular flexibility index (Phi) is 6.48. The van der Waals surface area contributed by atoms with E-state index in [0.29, 0.717) is 11.5 Å². The average Bonchev–Trinajstić information content (AvgIpc) is 2.51. The van der Waals surface area contributed by atoms with Crippen LogP contribution in [0.1, 0.15) is 56.4 Å². The van der Waals surface area contributed by atoms with Gasteiger partial charge in [0.2, 0.25) is 0 Å². The van der Waals surface area contributed by atoms with E-state index < -0.39 is 24.0 Å². The molecule has 0 aliphatic heterocycles. The van der Waals surface area contributed by atoms with Crippen LogP contribution in [-0.4, -0.2) is 6.61 Å². The Balaban J connectivity index is 1.97. The summed E-state index contributed by atoms with van der Waals surface area (Å²) in [4.78, 5) is 0. The van der Waals surface area contributed by atoms with Crippen molar-refractivity contribution >= 4 is 0 Å². The second-order valence-corrected chi connectivity index (χ2v) is 6.13. The van der Waals surface area contributed by atoms with Gasteiger partial charge in [-0.1, -0.05) is 12.5 Å². The van der Waals surface area contributed by atoms with E-state index in [4.69, 9.17) is 0 Å². The summed E-state index contributed by atoms with van der Waals surface area (Å²) in [6.07, 6.45) is 9.01. The molecule has 0 unspecified atom stereocenters. The summed E-state index contributed by atoms with van der Waals surface area (Å²) >= 11 is 0. The molecular formula is C18H22F4O. The number of alkyl halides is 2. The van der Waals surface area contributed by atoms with E-state index >= 15 is 0 Å². The van der Waals surface area contributed by atoms with Gasteiger partial charge in [0.15, 0.2) is 17.4 Å². The number of allylic oxidation sites excluding steroid dienone is 1. The van der Waals surface area contributed by atoms with E-state index in [1.165, 1.54) is 0 Å². The SMILES string of the molecule is C=CCCCC1CCC(c2cc(F)c(OC(F)F)c(F)c2)CC1. The van der Waals surface area contributed by atoms with Crippen molar-refractivity contribution in [3.63, 3.8) is 0 Å². The van der Waals surface area contributed by atoms with Crippen molar-refractivity contribution in [2.24, 2.45) is 5.92 Å². The van der Waals surface area contributed by atoms with Gasteiger partial charge in [0.25, 0.3) is 0 Å². The molecule has 0 saturated heterocycles. The maximum absolute atomic E-state index is 13.8. The number of halogens is 4. The molecule has 0 bridgehead atoms. The minimum atomic E-state index is -3.24. The lowest BCUT2D eigenvalue weighted by atomic mass is 9.77. The molecular weight excluding hydrogens is 308 g/mol. The van der Waals surface area contributed by atoms with Crippen molar-refractivity contribution in [1.29, 1.82) is 0 Å². The van der Waals surface area contributed by atoms with E-state index in [-0.39, 0.29) is 5.92 Å². The second kappa shape index (κ2) is 8.37. The standard InChI is InChI=1S/C18H22F4O/c1-2-3-4-5-12-6-8-13(9-7-12)14-10-15(19)17(16(20)11-14)23-18(21)22/h2,10-13,18H,1,3-9H2. The third-order valence-electron chi connectivity index (χ3n) is 4.57. The normalized spacial score (nSPS) is 21.4. The quantitative estimate of drug-likeness (QED) is 0.329. The molecule has 1 aliphatic carbocycles. The molecule has 23 heavy (non-hydrogen) atoms. The fourth-order valence-electron chi connectivity index (χ4n) is 3.35. The summed E-state index contributed by atoms with van der Waals surface area (Å²) in [5, 5.41) is 0. The number of hydrogen-bond acceptors (Lipinski definition) is 1. The Morgan fingerprint density at radius 1 is 1.13 bits per heavy atom. The summed E-state index contributed by atoms with van der Waals surface area (Å²) in [7, 11) is 0. The Labute approximate surface area is 134 Å². The van der Waals surface area contributed by atoms with Crippen LogP contribution in [0.4, 0.5) is 17.6 Å². The molecule has 1 aromatic rings. The van der Waals surface area contributed by atoms with Gasteiger partial charge in [-0.2, -0.15) is 8.78 Å². The maximum Gasteiger partial charge on any atom is 0.387 e. The summed E-state index contributed by atoms with van der Waals surface area (Å²) in [6, 6.07) is 2.26. The molecule has 128 valence electrons. The molecule has 1 nitrogen and oxygen atoms in total. The van der Waals surface area contributed by atoms with Crippen LogP contribution in [0.15, 0.2) is 24.8 Å². The van der Waals surface area contributed by atoms with Crippen molar-refractivity contribution in [1.82, 2.24) is 0 Å². The predicted octanol–water partition coefficient (Wildman–Crippen LogP) is 6.20. The molecule has 1 saturated carbocycles. The second-order valence-electron chi connectivity index (χ2n) is 6.13. The third kappa shape index (κ3) is 4.98. The van der Waals surface area contributed by atoms with E-state index in [1.807, 2.05) is 6.08 Å². The molecule has 0 radical (unpaired) electrons. The highest BCUT2D eigenvalue weighted by Crippen LogP contribution is 2.39. The van der Waals surface area contributed by atoms with Crippen molar-refractivity contribution < 1.29 is 22.3 Å². The zero-order chi connectivity index (χ0) is 16.8. The van der Waals surface area contributed by atoms with Gasteiger partial charge in [-0.25, -0.2) is 8.78 Å². The largest absolute Gasteiger partial charge is 0.429 e. The van der Waals surface area contributed by atoms with E-state index in [1.54, 1.807) is 0 Å². The summed E-state index contributed by atoms with van der Waals surface area (Å²) in [5.41, 5.74) is 0.533. The minimum absolute atomic E-state index is 0.0789. The first-order chi connectivity index (χ1) is 11.0. The summed E-state index contributed by atoms with van der Waals surface area (Å²) in [6.45, 7) is 0.468. The Morgan fingerprint density at radius 3 is 2.26 bits per heavy atom. The maximum atomic E-state index is 13.8. The number of rotatable bonds is 7. The number of hydrogen-bond donors (Lipinski definition) is 0. The number of benzene rings is 1. The van der Waals surface area contributed by atoms with E-state index in [2.05, 4.69) is 11.3 Å². The highest BCUT2D eigenvalue weighted by atomic mass is 19.3. The topological polar surface area (TPSA) is 9.23 Å². The smallest absolute Gasteiger partial charge is 0.387 e. The van der Waals surface area contributed by atoms with Crippen LogP contribution in [0.25, 0.3) is 0 Å². The zero-order valence-corrected chi connectivity index (χ0v) is 13.0. The van der Waals surface area contributed by atoms with Crippen molar-refractivity contribution in [2.75, 3.05) is 0 Å². The van der Waals surface area contributed by atoms with Gasteiger partial charge in [-0.15, -0.1) is 6.58 Å². The van der Waals surface area contributed by atoms with Crippen LogP contribution in [0, 0.1) is 17.6 Å². The van der Waals surface area contributed by atoms with Crippen molar-refractivity contribution in [2.45, 2.75) is 57.5 Å². The molecule has 2 rings (SSSR count). The van der Waals surface area contributed by atoms with Gasteiger partial charge in [0.05, 0.1) is 0 Å². The molecule has 1 aromatic carbocycles. The molecule has 1 aliphatic rings. The van der Waals surface area contributed by atoms with Crippen molar-refractivity contribution in [3.05, 3.63) is 42.0 Å². The molecule has 0 amide bonds. The molecule has 0 aromatic heterocycles. The third-order valence-corrected chi connectivity index (χ3v) is 4.57. The predicted molar refractivity (Wildman–Crippen MR) is 81.7 cm³/mol. The number of unbranched alkanes of at least 4 members (excludes halogenated alkanes) is 1. The monoisotopic (exact) mass is 330 g/mol. The highest BCUT2D eigenvalue weighted by molar-refractivity contribution is 5.33. The number of ether oxygens (including phenoxy) is 1. The summed E-state index contributed by atoms with van der Waals surface area (Å²) in [5.74, 6) is -2.39. The Hall–Kier alpha value is -1.52. The molecule has 5 heteroatoms. The first kappa shape index (κ1) is 17.8. The molecule has 1 fully saturated rings. The van der Waals surface area contributed by atoms with Gasteiger partial charge in [-0.3, -0.25) is 0 Å². The molecule has 0 heterocycles. The first-order valence-electron chi connectivity index (χ1n) is 8.06. The minimum Gasteiger partial charge on any atom is -0.429 e. The summed E-state index contributed by atoms with van der Waals surface area (Å²) < 4.78 is 55.8. The molecule has 0 spiro atoms. The fourth-order valence-corrected chi connectivity index (χ4v) is 3.35. The van der Waals surface area contributed by atoms with Gasteiger partial charge < -0.3 is 4.74 Å². The first-order valence-corrected chi connectivity index (χ1v) is 8.06.